The maximum atomic E-state index is 10.4. The summed E-state index contributed by atoms with van der Waals surface area (Å²) in [6.45, 7) is 2.14. The van der Waals surface area contributed by atoms with Gasteiger partial charge in [0.05, 0.1) is 0 Å². The summed E-state index contributed by atoms with van der Waals surface area (Å²) < 4.78 is 0. The molecular weight excluding hydrogens is 167 g/mol. The van der Waals surface area contributed by atoms with Crippen LogP contribution in [0.3, 0.4) is 0 Å². The first-order chi connectivity index (χ1) is 5.31. The Morgan fingerprint density at radius 2 is 1.92 bits per heavy atom. The van der Waals surface area contributed by atoms with Gasteiger partial charge in [0.25, 0.3) is 0 Å². The van der Waals surface area contributed by atoms with Gasteiger partial charge in [0.15, 0.2) is 0 Å². The molecule has 1 N–H and O–H groups in total. The van der Waals surface area contributed by atoms with E-state index in [1.54, 1.807) is 0 Å². The van der Waals surface area contributed by atoms with Gasteiger partial charge in [-0.25, -0.2) is 4.79 Å². The SMILES string of the molecule is CCCCCCCC(=O)OO.[H-].[Na+]. The summed E-state index contributed by atoms with van der Waals surface area (Å²) in [6, 6.07) is 0. The van der Waals surface area contributed by atoms with E-state index >= 15 is 0 Å². The number of unbranched alkanes of at least 4 members (excludes halogenated alkanes) is 4. The summed E-state index contributed by atoms with van der Waals surface area (Å²) in [4.78, 5) is 13.9. The molecule has 4 heteroatoms. The Bertz CT molecular complexity index is 112. The van der Waals surface area contributed by atoms with Gasteiger partial charge < -0.3 is 6.31 Å². The van der Waals surface area contributed by atoms with Gasteiger partial charge in [-0.2, -0.15) is 5.26 Å². The van der Waals surface area contributed by atoms with E-state index in [0.29, 0.717) is 6.42 Å². The van der Waals surface area contributed by atoms with Crippen molar-refractivity contribution >= 4 is 5.97 Å². The molecule has 0 amide bonds. The second-order valence-corrected chi connectivity index (χ2v) is 2.63. The maximum absolute atomic E-state index is 10.4. The Labute approximate surface area is 97.2 Å². The fourth-order valence-electron chi connectivity index (χ4n) is 0.919. The molecule has 0 rings (SSSR count). The molecule has 0 saturated heterocycles. The smallest absolute Gasteiger partial charge is 1.00 e. The Balaban J connectivity index is -0.000000500. The standard InChI is InChI=1S/C8H16O3.Na.H/c1-2-3-4-5-6-7-8(9)11-10;;/h10H,2-7H2,1H3;;/q;+1;-1. The first kappa shape index (κ1) is 14.9. The summed E-state index contributed by atoms with van der Waals surface area (Å²) >= 11 is 0. The predicted molar refractivity (Wildman–Crippen MR) is 43.2 cm³/mol. The molecule has 0 atom stereocenters. The summed E-state index contributed by atoms with van der Waals surface area (Å²) in [6.07, 6.45) is 5.77. The minimum Gasteiger partial charge on any atom is -1.00 e. The summed E-state index contributed by atoms with van der Waals surface area (Å²) in [5.74, 6) is -0.526. The van der Waals surface area contributed by atoms with Crippen LogP contribution in [0.5, 0.6) is 0 Å². The van der Waals surface area contributed by atoms with E-state index in [2.05, 4.69) is 11.8 Å². The number of hydrogen-bond acceptors (Lipinski definition) is 3. The van der Waals surface area contributed by atoms with Crippen LogP contribution in [0.15, 0.2) is 0 Å². The second-order valence-electron chi connectivity index (χ2n) is 2.63. The van der Waals surface area contributed by atoms with E-state index in [4.69, 9.17) is 5.26 Å². The van der Waals surface area contributed by atoms with Crippen molar-refractivity contribution in [1.29, 1.82) is 0 Å². The molecule has 0 radical (unpaired) electrons. The Morgan fingerprint density at radius 3 is 2.42 bits per heavy atom. The molecule has 12 heavy (non-hydrogen) atoms. The Hall–Kier alpha value is 0.430. The normalized spacial score (nSPS) is 8.83. The molecule has 0 aliphatic heterocycles. The number of rotatable bonds is 6. The minimum absolute atomic E-state index is 0. The van der Waals surface area contributed by atoms with Crippen molar-refractivity contribution in [2.24, 2.45) is 0 Å². The zero-order chi connectivity index (χ0) is 8.53. The molecule has 0 aliphatic carbocycles. The van der Waals surface area contributed by atoms with Crippen molar-refractivity contribution in [3.8, 4) is 0 Å². The zero-order valence-corrected chi connectivity index (χ0v) is 10.0. The average molecular weight is 184 g/mol. The third kappa shape index (κ3) is 10.4. The quantitative estimate of drug-likeness (QED) is 0.261. The molecule has 0 fully saturated rings. The van der Waals surface area contributed by atoms with Crippen molar-refractivity contribution in [1.82, 2.24) is 0 Å². The fraction of sp³-hybridized carbons (Fsp3) is 0.875. The Kier molecular flexibility index (Phi) is 14.2. The second kappa shape index (κ2) is 11.4. The molecule has 68 valence electrons. The van der Waals surface area contributed by atoms with Crippen molar-refractivity contribution in [3.05, 3.63) is 0 Å². The molecule has 3 nitrogen and oxygen atoms in total. The molecule has 0 unspecified atom stereocenters. The third-order valence-corrected chi connectivity index (χ3v) is 1.59. The molecule has 0 aromatic rings. The van der Waals surface area contributed by atoms with Crippen LogP contribution in [-0.2, 0) is 9.68 Å². The van der Waals surface area contributed by atoms with Crippen molar-refractivity contribution in [2.75, 3.05) is 0 Å². The molecule has 0 aromatic carbocycles. The van der Waals surface area contributed by atoms with Crippen LogP contribution >= 0.6 is 0 Å². The van der Waals surface area contributed by atoms with Crippen LogP contribution in [0, 0.1) is 0 Å². The van der Waals surface area contributed by atoms with Crippen LogP contribution in [0.2, 0.25) is 0 Å². The van der Waals surface area contributed by atoms with Gasteiger partial charge in [0, 0.05) is 6.42 Å². The van der Waals surface area contributed by atoms with E-state index in [9.17, 15) is 4.79 Å². The van der Waals surface area contributed by atoms with Crippen molar-refractivity contribution < 1.29 is 45.9 Å². The van der Waals surface area contributed by atoms with E-state index in [1.165, 1.54) is 12.8 Å². The van der Waals surface area contributed by atoms with Crippen LogP contribution in [0.25, 0.3) is 0 Å². The third-order valence-electron chi connectivity index (χ3n) is 1.59. The molecule has 0 aromatic heterocycles. The fourth-order valence-corrected chi connectivity index (χ4v) is 0.919. The molecule has 0 aliphatic rings. The minimum atomic E-state index is -0.526. The summed E-state index contributed by atoms with van der Waals surface area (Å²) in [5, 5.41) is 7.89. The summed E-state index contributed by atoms with van der Waals surface area (Å²) in [5.41, 5.74) is 0. The van der Waals surface area contributed by atoms with Gasteiger partial charge in [-0.1, -0.05) is 32.6 Å². The van der Waals surface area contributed by atoms with Gasteiger partial charge in [0.1, 0.15) is 0 Å². The predicted octanol–water partition coefficient (Wildman–Crippen LogP) is -0.520. The van der Waals surface area contributed by atoms with Crippen molar-refractivity contribution in [2.45, 2.75) is 45.4 Å². The molecule has 0 heterocycles. The molecule has 0 saturated carbocycles. The summed E-state index contributed by atoms with van der Waals surface area (Å²) in [7, 11) is 0. The Morgan fingerprint density at radius 1 is 1.33 bits per heavy atom. The van der Waals surface area contributed by atoms with E-state index < -0.39 is 5.97 Å². The molecule has 0 bridgehead atoms. The van der Waals surface area contributed by atoms with E-state index in [-0.39, 0.29) is 31.0 Å². The van der Waals surface area contributed by atoms with Crippen LogP contribution in [0.1, 0.15) is 46.9 Å². The number of hydrogen-bond donors (Lipinski definition) is 1. The monoisotopic (exact) mass is 184 g/mol. The van der Waals surface area contributed by atoms with E-state index in [0.717, 1.165) is 19.3 Å². The van der Waals surface area contributed by atoms with Gasteiger partial charge >= 0.3 is 35.5 Å². The van der Waals surface area contributed by atoms with Crippen LogP contribution in [-0.4, -0.2) is 11.2 Å². The maximum Gasteiger partial charge on any atom is 1.00 e. The van der Waals surface area contributed by atoms with Gasteiger partial charge in [-0.3, -0.25) is 0 Å². The van der Waals surface area contributed by atoms with Crippen LogP contribution < -0.4 is 29.6 Å². The topological polar surface area (TPSA) is 46.5 Å². The zero-order valence-electron chi connectivity index (χ0n) is 9.01. The largest absolute Gasteiger partial charge is 1.00 e. The van der Waals surface area contributed by atoms with Gasteiger partial charge in [-0.05, 0) is 6.42 Å². The van der Waals surface area contributed by atoms with Crippen molar-refractivity contribution in [3.63, 3.8) is 0 Å². The first-order valence-corrected chi connectivity index (χ1v) is 4.15. The van der Waals surface area contributed by atoms with Crippen LogP contribution in [0.4, 0.5) is 0 Å². The van der Waals surface area contributed by atoms with Gasteiger partial charge in [0.2, 0.25) is 0 Å². The number of carbonyl (C=O) groups is 1. The molecule has 0 spiro atoms. The van der Waals surface area contributed by atoms with Gasteiger partial charge in [-0.15, -0.1) is 0 Å². The number of carbonyl (C=O) groups excluding carboxylic acids is 1. The first-order valence-electron chi connectivity index (χ1n) is 4.15. The average Bonchev–Trinajstić information content (AvgIpc) is 2.04. The van der Waals surface area contributed by atoms with E-state index in [1.807, 2.05) is 0 Å². The molecular formula is C8H17NaO3.